The van der Waals surface area contributed by atoms with E-state index in [9.17, 15) is 13.2 Å². The first-order valence-corrected chi connectivity index (χ1v) is 7.05. The maximum atomic E-state index is 12.3. The summed E-state index contributed by atoms with van der Waals surface area (Å²) in [5, 5.41) is 3.11. The topological polar surface area (TPSA) is 66.5 Å². The first-order chi connectivity index (χ1) is 10.5. The van der Waals surface area contributed by atoms with Gasteiger partial charge in [-0.15, -0.1) is 0 Å². The quantitative estimate of drug-likeness (QED) is 0.718. The molecule has 114 valence electrons. The summed E-state index contributed by atoms with van der Waals surface area (Å²) in [4.78, 5) is 15.2. The Hall–Kier alpha value is -2.29. The zero-order valence-electron chi connectivity index (χ0n) is 11.1. The summed E-state index contributed by atoms with van der Waals surface area (Å²) in [6.07, 6.45) is 2.92. The van der Waals surface area contributed by atoms with Gasteiger partial charge in [-0.05, 0) is 29.5 Å². The van der Waals surface area contributed by atoms with Crippen LogP contribution in [0, 0.1) is 0 Å². The normalized spacial score (nSPS) is 11.8. The number of fused-ring (bicyclic) bond motifs is 1. The molecule has 0 aliphatic carbocycles. The molecule has 0 aliphatic rings. The number of aromatic nitrogens is 4. The predicted molar refractivity (Wildman–Crippen MR) is 77.4 cm³/mol. The van der Waals surface area contributed by atoms with Crippen molar-refractivity contribution in [2.45, 2.75) is 16.9 Å². The molecule has 0 unspecified atom stereocenters. The number of aromatic amines is 1. The highest BCUT2D eigenvalue weighted by molar-refractivity contribution is 8.00. The van der Waals surface area contributed by atoms with Crippen LogP contribution in [0.2, 0.25) is 0 Å². The molecule has 0 atom stereocenters. The Morgan fingerprint density at radius 1 is 1.09 bits per heavy atom. The van der Waals surface area contributed by atoms with Crippen LogP contribution in [0.15, 0.2) is 41.8 Å². The van der Waals surface area contributed by atoms with Crippen molar-refractivity contribution in [1.82, 2.24) is 19.9 Å². The molecule has 22 heavy (non-hydrogen) atoms. The van der Waals surface area contributed by atoms with Gasteiger partial charge in [0.25, 0.3) is 0 Å². The van der Waals surface area contributed by atoms with Gasteiger partial charge in [0.2, 0.25) is 0 Å². The van der Waals surface area contributed by atoms with E-state index in [1.807, 2.05) is 0 Å². The van der Waals surface area contributed by atoms with E-state index in [-0.39, 0.29) is 16.7 Å². The number of hydrogen-bond donors (Lipinski definition) is 2. The van der Waals surface area contributed by atoms with Gasteiger partial charge in [-0.1, -0.05) is 12.1 Å². The standard InChI is InChI=1S/C13H10F3N5S/c14-13(15,16)22-9-3-1-8(2-4-9)5-17-11-10-12(19-6-18-10)21-7-20-11/h1-4,6-7H,5H2,(H2,17,18,19,20,21). The van der Waals surface area contributed by atoms with Crippen LogP contribution in [0.4, 0.5) is 19.0 Å². The lowest BCUT2D eigenvalue weighted by Crippen LogP contribution is -2.03. The number of H-pyrrole nitrogens is 1. The Bertz CT molecular complexity index is 769. The average Bonchev–Trinajstić information content (AvgIpc) is 2.94. The maximum Gasteiger partial charge on any atom is 0.446 e. The summed E-state index contributed by atoms with van der Waals surface area (Å²) < 4.78 is 36.8. The minimum atomic E-state index is -4.27. The first kappa shape index (κ1) is 14.6. The van der Waals surface area contributed by atoms with E-state index in [1.54, 1.807) is 12.1 Å². The number of imidazole rings is 1. The fraction of sp³-hybridized carbons (Fsp3) is 0.154. The van der Waals surface area contributed by atoms with Gasteiger partial charge in [0.15, 0.2) is 11.5 Å². The van der Waals surface area contributed by atoms with Gasteiger partial charge in [0.1, 0.15) is 11.8 Å². The van der Waals surface area contributed by atoms with Crippen molar-refractivity contribution in [3.8, 4) is 0 Å². The highest BCUT2D eigenvalue weighted by Crippen LogP contribution is 2.36. The lowest BCUT2D eigenvalue weighted by atomic mass is 10.2. The molecule has 3 rings (SSSR count). The van der Waals surface area contributed by atoms with Crippen LogP contribution in [0.1, 0.15) is 5.56 Å². The molecular weight excluding hydrogens is 315 g/mol. The fourth-order valence-electron chi connectivity index (χ4n) is 1.89. The molecule has 0 amide bonds. The van der Waals surface area contributed by atoms with Crippen molar-refractivity contribution in [3.63, 3.8) is 0 Å². The Morgan fingerprint density at radius 3 is 2.59 bits per heavy atom. The molecule has 0 radical (unpaired) electrons. The van der Waals surface area contributed by atoms with E-state index in [1.165, 1.54) is 24.8 Å². The lowest BCUT2D eigenvalue weighted by molar-refractivity contribution is -0.0328. The first-order valence-electron chi connectivity index (χ1n) is 6.24. The number of halogens is 3. The molecule has 0 aliphatic heterocycles. The van der Waals surface area contributed by atoms with Crippen LogP contribution in [0.25, 0.3) is 11.2 Å². The number of thioether (sulfide) groups is 1. The molecular formula is C13H10F3N5S. The Kier molecular flexibility index (Phi) is 3.88. The molecule has 3 aromatic rings. The SMILES string of the molecule is FC(F)(F)Sc1ccc(CNc2ncnc3nc[nH]c23)cc1. The van der Waals surface area contributed by atoms with E-state index < -0.39 is 5.51 Å². The van der Waals surface area contributed by atoms with E-state index in [0.29, 0.717) is 23.5 Å². The third-order valence-electron chi connectivity index (χ3n) is 2.84. The van der Waals surface area contributed by atoms with E-state index in [4.69, 9.17) is 0 Å². The second-order valence-corrected chi connectivity index (χ2v) is 5.51. The number of alkyl halides is 3. The summed E-state index contributed by atoms with van der Waals surface area (Å²) in [5.41, 5.74) is -2.19. The number of rotatable bonds is 4. The Morgan fingerprint density at radius 2 is 1.86 bits per heavy atom. The van der Waals surface area contributed by atoms with E-state index in [2.05, 4.69) is 25.3 Å². The number of benzene rings is 1. The molecule has 0 saturated heterocycles. The zero-order chi connectivity index (χ0) is 15.6. The minimum Gasteiger partial charge on any atom is -0.364 e. The van der Waals surface area contributed by atoms with Crippen molar-refractivity contribution in [1.29, 1.82) is 0 Å². The lowest BCUT2D eigenvalue weighted by Gasteiger charge is -2.08. The highest BCUT2D eigenvalue weighted by Gasteiger charge is 2.28. The number of hydrogen-bond acceptors (Lipinski definition) is 5. The van der Waals surface area contributed by atoms with Crippen molar-refractivity contribution in [2.24, 2.45) is 0 Å². The van der Waals surface area contributed by atoms with Gasteiger partial charge < -0.3 is 10.3 Å². The molecule has 0 bridgehead atoms. The van der Waals surface area contributed by atoms with Crippen molar-refractivity contribution in [2.75, 3.05) is 5.32 Å². The van der Waals surface area contributed by atoms with Crippen LogP contribution >= 0.6 is 11.8 Å². The molecule has 5 nitrogen and oxygen atoms in total. The molecule has 0 spiro atoms. The third kappa shape index (κ3) is 3.48. The molecule has 1 aromatic carbocycles. The summed E-state index contributed by atoms with van der Waals surface area (Å²) in [7, 11) is 0. The monoisotopic (exact) mass is 325 g/mol. The average molecular weight is 325 g/mol. The van der Waals surface area contributed by atoms with Gasteiger partial charge in [0, 0.05) is 11.4 Å². The second kappa shape index (κ2) is 5.84. The van der Waals surface area contributed by atoms with Crippen molar-refractivity contribution < 1.29 is 13.2 Å². The van der Waals surface area contributed by atoms with Gasteiger partial charge in [-0.25, -0.2) is 15.0 Å². The molecule has 2 aromatic heterocycles. The van der Waals surface area contributed by atoms with Crippen LogP contribution < -0.4 is 5.32 Å². The van der Waals surface area contributed by atoms with Crippen LogP contribution in [-0.2, 0) is 6.54 Å². The molecule has 0 fully saturated rings. The smallest absolute Gasteiger partial charge is 0.364 e. The molecule has 0 saturated carbocycles. The van der Waals surface area contributed by atoms with E-state index >= 15 is 0 Å². The predicted octanol–water partition coefficient (Wildman–Crippen LogP) is 3.58. The van der Waals surface area contributed by atoms with Gasteiger partial charge in [0.05, 0.1) is 6.33 Å². The van der Waals surface area contributed by atoms with Gasteiger partial charge >= 0.3 is 5.51 Å². The van der Waals surface area contributed by atoms with Gasteiger partial charge in [-0.3, -0.25) is 0 Å². The van der Waals surface area contributed by atoms with Crippen LogP contribution in [0.5, 0.6) is 0 Å². The van der Waals surface area contributed by atoms with Crippen LogP contribution in [-0.4, -0.2) is 25.4 Å². The highest BCUT2D eigenvalue weighted by atomic mass is 32.2. The summed E-state index contributed by atoms with van der Waals surface area (Å²) in [6, 6.07) is 6.18. The molecule has 2 heterocycles. The number of nitrogens with one attached hydrogen (secondary N) is 2. The summed E-state index contributed by atoms with van der Waals surface area (Å²) in [5.74, 6) is 0.594. The maximum absolute atomic E-state index is 12.3. The van der Waals surface area contributed by atoms with Crippen LogP contribution in [0.3, 0.4) is 0 Å². The fourth-order valence-corrected chi connectivity index (χ4v) is 2.43. The van der Waals surface area contributed by atoms with Gasteiger partial charge in [-0.2, -0.15) is 13.2 Å². The number of nitrogens with zero attached hydrogens (tertiary/aromatic N) is 3. The largest absolute Gasteiger partial charge is 0.446 e. The Balaban J connectivity index is 1.68. The summed E-state index contributed by atoms with van der Waals surface area (Å²) in [6.45, 7) is 0.433. The summed E-state index contributed by atoms with van der Waals surface area (Å²) >= 11 is -0.127. The van der Waals surface area contributed by atoms with Crippen molar-refractivity contribution in [3.05, 3.63) is 42.5 Å². The number of anilines is 1. The Labute approximate surface area is 127 Å². The minimum absolute atomic E-state index is 0.127. The van der Waals surface area contributed by atoms with E-state index in [0.717, 1.165) is 5.56 Å². The molecule has 9 heteroatoms. The van der Waals surface area contributed by atoms with Crippen molar-refractivity contribution >= 4 is 28.7 Å². The second-order valence-electron chi connectivity index (χ2n) is 4.37. The zero-order valence-corrected chi connectivity index (χ0v) is 11.9. The third-order valence-corrected chi connectivity index (χ3v) is 3.58. The molecule has 2 N–H and O–H groups in total.